The van der Waals surface area contributed by atoms with E-state index in [0.29, 0.717) is 0 Å². The summed E-state index contributed by atoms with van der Waals surface area (Å²) in [6, 6.07) is 10.4. The highest BCUT2D eigenvalue weighted by Gasteiger charge is 2.59. The average molecular weight is 418 g/mol. The Balaban J connectivity index is 2.60. The largest absolute Gasteiger partial charge is 0.497 e. The minimum absolute atomic E-state index is 0.157. The van der Waals surface area contributed by atoms with Crippen molar-refractivity contribution >= 4 is 23.7 Å². The van der Waals surface area contributed by atoms with Gasteiger partial charge in [0.25, 0.3) is 0 Å². The average Bonchev–Trinajstić information content (AvgIpc) is 2.76. The Morgan fingerprint density at radius 1 is 0.867 bits per heavy atom. The van der Waals surface area contributed by atoms with Crippen molar-refractivity contribution in [1.29, 1.82) is 0 Å². The number of carboxylic acids is 2. The van der Waals surface area contributed by atoms with E-state index in [2.05, 4.69) is 0 Å². The first-order chi connectivity index (χ1) is 14.2. The molecule has 2 rings (SSSR count). The number of carboxylic acid groups (broad SMARTS) is 2. The van der Waals surface area contributed by atoms with Crippen LogP contribution in [-0.2, 0) is 14.3 Å². The Hall–Kier alpha value is -3.92. The van der Waals surface area contributed by atoms with E-state index in [-0.39, 0.29) is 22.6 Å². The van der Waals surface area contributed by atoms with Crippen LogP contribution in [0.25, 0.3) is 0 Å². The monoisotopic (exact) mass is 418 g/mol. The SMILES string of the molecule is COc1cccc(C(=O)OC(C(=O)O)(C(=O)c2cccc(OC)c2)C(O)C(=O)O)c1. The molecule has 0 aliphatic rings. The van der Waals surface area contributed by atoms with E-state index in [4.69, 9.17) is 14.2 Å². The molecule has 0 aliphatic heterocycles. The number of rotatable bonds is 9. The molecule has 10 heteroatoms. The molecule has 0 aliphatic carbocycles. The van der Waals surface area contributed by atoms with Gasteiger partial charge in [0.1, 0.15) is 11.5 Å². The van der Waals surface area contributed by atoms with E-state index in [1.165, 1.54) is 50.6 Å². The summed E-state index contributed by atoms with van der Waals surface area (Å²) in [6.45, 7) is 0. The van der Waals surface area contributed by atoms with Crippen molar-refractivity contribution < 1.29 is 48.7 Å². The molecule has 0 saturated carbocycles. The van der Waals surface area contributed by atoms with Crippen LogP contribution in [0.3, 0.4) is 0 Å². The minimum atomic E-state index is -3.46. The predicted octanol–water partition coefficient (Wildman–Crippen LogP) is 1.01. The van der Waals surface area contributed by atoms with Crippen molar-refractivity contribution in [3.05, 3.63) is 59.7 Å². The molecule has 2 unspecified atom stereocenters. The van der Waals surface area contributed by atoms with E-state index in [9.17, 15) is 34.5 Å². The third-order valence-electron chi connectivity index (χ3n) is 4.17. The summed E-state index contributed by atoms with van der Waals surface area (Å²) < 4.78 is 14.8. The molecule has 3 N–H and O–H groups in total. The number of methoxy groups -OCH3 is 2. The number of aliphatic hydroxyl groups is 1. The van der Waals surface area contributed by atoms with Crippen molar-refractivity contribution in [3.63, 3.8) is 0 Å². The van der Waals surface area contributed by atoms with Gasteiger partial charge in [0.05, 0.1) is 19.8 Å². The van der Waals surface area contributed by atoms with Gasteiger partial charge in [-0.2, -0.15) is 0 Å². The van der Waals surface area contributed by atoms with Crippen molar-refractivity contribution in [2.45, 2.75) is 11.7 Å². The lowest BCUT2D eigenvalue weighted by Crippen LogP contribution is -2.61. The van der Waals surface area contributed by atoms with Crippen molar-refractivity contribution in [3.8, 4) is 11.5 Å². The van der Waals surface area contributed by atoms with Crippen LogP contribution >= 0.6 is 0 Å². The molecule has 0 saturated heterocycles. The van der Waals surface area contributed by atoms with E-state index in [1.807, 2.05) is 0 Å². The van der Waals surface area contributed by atoms with Crippen LogP contribution in [0.5, 0.6) is 11.5 Å². The molecular formula is C20H18O10. The molecule has 0 heterocycles. The van der Waals surface area contributed by atoms with Crippen LogP contribution in [0.2, 0.25) is 0 Å². The van der Waals surface area contributed by atoms with Crippen LogP contribution in [0.15, 0.2) is 48.5 Å². The molecule has 0 bridgehead atoms. The maximum Gasteiger partial charge on any atom is 0.360 e. The molecule has 10 nitrogen and oxygen atoms in total. The summed E-state index contributed by atoms with van der Waals surface area (Å²) in [7, 11) is 2.62. The standard InChI is InChI=1S/C20H18O10/c1-28-13-7-3-5-11(9-13)15(21)20(19(26)27,16(22)17(23)24)30-18(25)12-6-4-8-14(10-12)29-2/h3-10,16,22H,1-2H3,(H,23,24)(H,26,27). The van der Waals surface area contributed by atoms with Crippen LogP contribution in [0.1, 0.15) is 20.7 Å². The third-order valence-corrected chi connectivity index (χ3v) is 4.17. The fourth-order valence-electron chi connectivity index (χ4n) is 2.59. The first kappa shape index (κ1) is 22.4. The Bertz CT molecular complexity index is 983. The number of hydrogen-bond donors (Lipinski definition) is 3. The second-order valence-corrected chi connectivity index (χ2v) is 5.96. The number of carbonyl (C=O) groups is 4. The van der Waals surface area contributed by atoms with Gasteiger partial charge >= 0.3 is 23.5 Å². The van der Waals surface area contributed by atoms with E-state index in [0.717, 1.165) is 12.1 Å². The summed E-state index contributed by atoms with van der Waals surface area (Å²) in [6.07, 6.45) is -2.90. The molecule has 2 aromatic rings. The number of aliphatic hydroxyl groups excluding tert-OH is 1. The second-order valence-electron chi connectivity index (χ2n) is 5.96. The highest BCUT2D eigenvalue weighted by atomic mass is 16.6. The van der Waals surface area contributed by atoms with Crippen LogP contribution in [-0.4, -0.2) is 64.9 Å². The van der Waals surface area contributed by atoms with Gasteiger partial charge in [-0.15, -0.1) is 0 Å². The third kappa shape index (κ3) is 4.23. The summed E-state index contributed by atoms with van der Waals surface area (Å²) in [5, 5.41) is 29.1. The minimum Gasteiger partial charge on any atom is -0.497 e. The van der Waals surface area contributed by atoms with Gasteiger partial charge in [-0.3, -0.25) is 4.79 Å². The molecule has 0 fully saturated rings. The number of ketones is 1. The molecule has 2 aromatic carbocycles. The fraction of sp³-hybridized carbons (Fsp3) is 0.200. The highest BCUT2D eigenvalue weighted by Crippen LogP contribution is 2.28. The number of ether oxygens (including phenoxy) is 3. The van der Waals surface area contributed by atoms with Gasteiger partial charge in [-0.05, 0) is 30.3 Å². The van der Waals surface area contributed by atoms with Gasteiger partial charge < -0.3 is 29.5 Å². The number of aliphatic carboxylic acids is 2. The van der Waals surface area contributed by atoms with E-state index >= 15 is 0 Å². The molecule has 0 amide bonds. The van der Waals surface area contributed by atoms with Crippen molar-refractivity contribution in [1.82, 2.24) is 0 Å². The number of Topliss-reactive ketones (excluding diaryl/α,β-unsaturated/α-hetero) is 1. The first-order valence-electron chi connectivity index (χ1n) is 8.37. The fourth-order valence-corrected chi connectivity index (χ4v) is 2.59. The van der Waals surface area contributed by atoms with Crippen molar-refractivity contribution in [2.24, 2.45) is 0 Å². The van der Waals surface area contributed by atoms with Gasteiger partial charge in [-0.25, -0.2) is 14.4 Å². The lowest BCUT2D eigenvalue weighted by molar-refractivity contribution is -0.176. The quantitative estimate of drug-likeness (QED) is 0.305. The number of hydrogen-bond acceptors (Lipinski definition) is 8. The zero-order chi connectivity index (χ0) is 22.5. The molecule has 2 atom stereocenters. The summed E-state index contributed by atoms with van der Waals surface area (Å²) in [4.78, 5) is 49.1. The first-order valence-corrected chi connectivity index (χ1v) is 8.37. The smallest absolute Gasteiger partial charge is 0.360 e. The zero-order valence-corrected chi connectivity index (χ0v) is 15.9. The Labute approximate surface area is 170 Å². The molecule has 30 heavy (non-hydrogen) atoms. The number of esters is 1. The maximum absolute atomic E-state index is 13.1. The number of carbonyl (C=O) groups excluding carboxylic acids is 2. The van der Waals surface area contributed by atoms with Crippen LogP contribution < -0.4 is 9.47 Å². The number of benzene rings is 2. The molecule has 0 aromatic heterocycles. The van der Waals surface area contributed by atoms with Gasteiger partial charge in [0.2, 0.25) is 11.9 Å². The lowest BCUT2D eigenvalue weighted by Gasteiger charge is -2.30. The van der Waals surface area contributed by atoms with Crippen molar-refractivity contribution in [2.75, 3.05) is 14.2 Å². The Morgan fingerprint density at radius 2 is 1.37 bits per heavy atom. The zero-order valence-electron chi connectivity index (χ0n) is 15.9. The van der Waals surface area contributed by atoms with Gasteiger partial charge in [0.15, 0.2) is 0 Å². The summed E-state index contributed by atoms with van der Waals surface area (Å²) in [5.74, 6) is -6.67. The van der Waals surface area contributed by atoms with Gasteiger partial charge in [-0.1, -0.05) is 18.2 Å². The van der Waals surface area contributed by atoms with Crippen LogP contribution in [0, 0.1) is 0 Å². The Morgan fingerprint density at radius 3 is 1.83 bits per heavy atom. The predicted molar refractivity (Wildman–Crippen MR) is 99.7 cm³/mol. The Kier molecular flexibility index (Phi) is 6.75. The topological polar surface area (TPSA) is 157 Å². The summed E-state index contributed by atoms with van der Waals surface area (Å²) in [5.41, 5.74) is -4.04. The molecular weight excluding hydrogens is 400 g/mol. The molecule has 0 spiro atoms. The lowest BCUT2D eigenvalue weighted by atomic mass is 9.86. The summed E-state index contributed by atoms with van der Waals surface area (Å²) >= 11 is 0. The highest BCUT2D eigenvalue weighted by molar-refractivity contribution is 6.19. The van der Waals surface area contributed by atoms with E-state index < -0.39 is 35.4 Å². The normalized spacial score (nSPS) is 13.4. The second kappa shape index (κ2) is 9.05. The molecule has 0 radical (unpaired) electrons. The molecule has 158 valence electrons. The van der Waals surface area contributed by atoms with Crippen LogP contribution in [0.4, 0.5) is 0 Å². The maximum atomic E-state index is 13.1. The van der Waals surface area contributed by atoms with Gasteiger partial charge in [0, 0.05) is 5.56 Å². The van der Waals surface area contributed by atoms with E-state index in [1.54, 1.807) is 0 Å².